The number of allylic oxidation sites excluding steroid dienone is 8. The van der Waals surface area contributed by atoms with Gasteiger partial charge in [0.2, 0.25) is 0 Å². The van der Waals surface area contributed by atoms with E-state index < -0.39 is 5.97 Å². The van der Waals surface area contributed by atoms with Crippen molar-refractivity contribution in [2.24, 2.45) is 11.1 Å². The molecule has 0 saturated heterocycles. The van der Waals surface area contributed by atoms with Crippen LogP contribution in [0.15, 0.2) is 53.8 Å². The first-order chi connectivity index (χ1) is 21.7. The minimum absolute atomic E-state index is 0.0905. The molecule has 0 aliphatic rings. The largest absolute Gasteiger partial charge is 0.481 e. The Balaban J connectivity index is 3.97. The SMILES string of the molecule is CCCCC/C=C\C/C=C\CCCCCCCCC(CCCCCCCC/C=C\C/C=C\CCCCC)/C(CC(=O)O)=N/O. The second kappa shape index (κ2) is 35.4. The van der Waals surface area contributed by atoms with Crippen LogP contribution in [0.4, 0.5) is 0 Å². The Bertz CT molecular complexity index is 717. The first kappa shape index (κ1) is 41.9. The highest BCUT2D eigenvalue weighted by molar-refractivity contribution is 5.99. The highest BCUT2D eigenvalue weighted by Crippen LogP contribution is 2.22. The van der Waals surface area contributed by atoms with Crippen LogP contribution in [0.3, 0.4) is 0 Å². The zero-order valence-electron chi connectivity index (χ0n) is 29.0. The second-order valence-electron chi connectivity index (χ2n) is 12.6. The fourth-order valence-corrected chi connectivity index (χ4v) is 5.65. The smallest absolute Gasteiger partial charge is 0.309 e. The van der Waals surface area contributed by atoms with Gasteiger partial charge in [-0.1, -0.05) is 158 Å². The van der Waals surface area contributed by atoms with Gasteiger partial charge in [0.15, 0.2) is 0 Å². The summed E-state index contributed by atoms with van der Waals surface area (Å²) in [5, 5.41) is 22.2. The summed E-state index contributed by atoms with van der Waals surface area (Å²) in [5.41, 5.74) is 0.461. The lowest BCUT2D eigenvalue weighted by Gasteiger charge is -2.17. The van der Waals surface area contributed by atoms with Crippen molar-refractivity contribution in [3.63, 3.8) is 0 Å². The third-order valence-corrected chi connectivity index (χ3v) is 8.44. The van der Waals surface area contributed by atoms with Crippen LogP contribution < -0.4 is 0 Å². The maximum atomic E-state index is 11.3. The number of unbranched alkanes of at least 4 members (excludes halogenated alkanes) is 18. The maximum absolute atomic E-state index is 11.3. The molecule has 2 N–H and O–H groups in total. The molecule has 254 valence electrons. The molecule has 44 heavy (non-hydrogen) atoms. The van der Waals surface area contributed by atoms with Gasteiger partial charge in [0.1, 0.15) is 0 Å². The number of oxime groups is 1. The van der Waals surface area contributed by atoms with Crippen molar-refractivity contribution in [3.05, 3.63) is 48.6 Å². The lowest BCUT2D eigenvalue weighted by atomic mass is 9.88. The molecule has 0 fully saturated rings. The van der Waals surface area contributed by atoms with Gasteiger partial charge in [0.25, 0.3) is 0 Å². The number of carboxylic acids is 1. The number of carbonyl (C=O) groups is 1. The topological polar surface area (TPSA) is 69.9 Å². The van der Waals surface area contributed by atoms with Crippen molar-refractivity contribution in [3.8, 4) is 0 Å². The number of carboxylic acid groups (broad SMARTS) is 1. The summed E-state index contributed by atoms with van der Waals surface area (Å²) in [5.74, 6) is -0.815. The predicted octanol–water partition coefficient (Wildman–Crippen LogP) is 13.3. The summed E-state index contributed by atoms with van der Waals surface area (Å²) in [7, 11) is 0. The molecule has 0 spiro atoms. The quantitative estimate of drug-likeness (QED) is 0.0254. The fourth-order valence-electron chi connectivity index (χ4n) is 5.65. The zero-order chi connectivity index (χ0) is 32.2. The monoisotopic (exact) mass is 614 g/mol. The summed E-state index contributed by atoms with van der Waals surface area (Å²) in [6, 6.07) is 0. The molecule has 0 aliphatic carbocycles. The van der Waals surface area contributed by atoms with Crippen molar-refractivity contribution >= 4 is 11.7 Å². The summed E-state index contributed by atoms with van der Waals surface area (Å²) in [6.45, 7) is 4.49. The Morgan fingerprint density at radius 2 is 0.864 bits per heavy atom. The van der Waals surface area contributed by atoms with Crippen molar-refractivity contribution in [2.45, 2.75) is 187 Å². The molecule has 0 saturated carbocycles. The van der Waals surface area contributed by atoms with E-state index in [1.54, 1.807) is 0 Å². The Labute approximate surface area is 273 Å². The Morgan fingerprint density at radius 3 is 1.20 bits per heavy atom. The molecule has 0 aliphatic heterocycles. The summed E-state index contributed by atoms with van der Waals surface area (Å²) in [4.78, 5) is 11.3. The van der Waals surface area contributed by atoms with E-state index in [2.05, 4.69) is 67.6 Å². The number of rotatable bonds is 33. The van der Waals surface area contributed by atoms with E-state index in [1.807, 2.05) is 0 Å². The second-order valence-corrected chi connectivity index (χ2v) is 12.6. The normalized spacial score (nSPS) is 12.8. The molecule has 0 rings (SSSR count). The van der Waals surface area contributed by atoms with E-state index in [1.165, 1.54) is 128 Å². The van der Waals surface area contributed by atoms with Gasteiger partial charge in [-0.15, -0.1) is 0 Å². The van der Waals surface area contributed by atoms with Gasteiger partial charge >= 0.3 is 5.97 Å². The molecule has 0 unspecified atom stereocenters. The van der Waals surface area contributed by atoms with E-state index in [4.69, 9.17) is 0 Å². The number of hydrogen-bond acceptors (Lipinski definition) is 3. The highest BCUT2D eigenvalue weighted by atomic mass is 16.4. The van der Waals surface area contributed by atoms with Crippen LogP contribution in [0.2, 0.25) is 0 Å². The minimum Gasteiger partial charge on any atom is -0.481 e. The average molecular weight is 614 g/mol. The van der Waals surface area contributed by atoms with Crippen LogP contribution in [0.5, 0.6) is 0 Å². The molecule has 0 radical (unpaired) electrons. The number of nitrogens with zero attached hydrogens (tertiary/aromatic N) is 1. The van der Waals surface area contributed by atoms with Crippen molar-refractivity contribution < 1.29 is 15.1 Å². The molecule has 0 amide bonds. The van der Waals surface area contributed by atoms with Gasteiger partial charge in [0.05, 0.1) is 12.1 Å². The van der Waals surface area contributed by atoms with E-state index >= 15 is 0 Å². The van der Waals surface area contributed by atoms with Gasteiger partial charge in [-0.3, -0.25) is 4.79 Å². The van der Waals surface area contributed by atoms with Gasteiger partial charge in [-0.25, -0.2) is 0 Å². The van der Waals surface area contributed by atoms with E-state index in [0.29, 0.717) is 5.71 Å². The van der Waals surface area contributed by atoms with Crippen molar-refractivity contribution in [1.82, 2.24) is 0 Å². The zero-order valence-corrected chi connectivity index (χ0v) is 29.0. The maximum Gasteiger partial charge on any atom is 0.309 e. The van der Waals surface area contributed by atoms with Crippen molar-refractivity contribution in [1.29, 1.82) is 0 Å². The third kappa shape index (κ3) is 31.3. The summed E-state index contributed by atoms with van der Waals surface area (Å²) >= 11 is 0. The molecule has 4 heteroatoms. The molecule has 0 aromatic rings. The highest BCUT2D eigenvalue weighted by Gasteiger charge is 2.19. The molecule has 0 aromatic heterocycles. The lowest BCUT2D eigenvalue weighted by Crippen LogP contribution is -2.19. The molecule has 0 heterocycles. The molecular formula is C40H71NO3. The number of hydrogen-bond donors (Lipinski definition) is 2. The third-order valence-electron chi connectivity index (χ3n) is 8.44. The average Bonchev–Trinajstić information content (AvgIpc) is 3.02. The molecular weight excluding hydrogens is 542 g/mol. The van der Waals surface area contributed by atoms with Crippen LogP contribution in [-0.2, 0) is 4.79 Å². The van der Waals surface area contributed by atoms with Crippen LogP contribution in [-0.4, -0.2) is 22.0 Å². The van der Waals surface area contributed by atoms with E-state index in [-0.39, 0.29) is 12.3 Å². The van der Waals surface area contributed by atoms with Crippen LogP contribution >= 0.6 is 0 Å². The molecule has 0 bridgehead atoms. The van der Waals surface area contributed by atoms with Gasteiger partial charge in [-0.05, 0) is 77.0 Å². The molecule has 0 aromatic carbocycles. The van der Waals surface area contributed by atoms with E-state index in [9.17, 15) is 15.1 Å². The van der Waals surface area contributed by atoms with Gasteiger partial charge in [0, 0.05) is 5.92 Å². The van der Waals surface area contributed by atoms with Crippen LogP contribution in [0.25, 0.3) is 0 Å². The first-order valence-electron chi connectivity index (χ1n) is 18.7. The van der Waals surface area contributed by atoms with Crippen LogP contribution in [0, 0.1) is 5.92 Å². The summed E-state index contributed by atoms with van der Waals surface area (Å²) in [6.07, 6.45) is 49.5. The Hall–Kier alpha value is -2.10. The minimum atomic E-state index is -0.906. The predicted molar refractivity (Wildman–Crippen MR) is 193 cm³/mol. The van der Waals surface area contributed by atoms with E-state index in [0.717, 1.165) is 38.5 Å². The molecule has 0 atom stereocenters. The van der Waals surface area contributed by atoms with Gasteiger partial charge in [-0.2, -0.15) is 0 Å². The fraction of sp³-hybridized carbons (Fsp3) is 0.750. The first-order valence-corrected chi connectivity index (χ1v) is 18.7. The lowest BCUT2D eigenvalue weighted by molar-refractivity contribution is -0.135. The Kier molecular flexibility index (Phi) is 33.7. The van der Waals surface area contributed by atoms with Crippen LogP contribution in [0.1, 0.15) is 187 Å². The summed E-state index contributed by atoms with van der Waals surface area (Å²) < 4.78 is 0. The number of aliphatic carboxylic acids is 1. The van der Waals surface area contributed by atoms with Gasteiger partial charge < -0.3 is 10.3 Å². The molecule has 4 nitrogen and oxygen atoms in total. The Morgan fingerprint density at radius 1 is 0.523 bits per heavy atom. The standard InChI is InChI=1S/C40H71NO3/c1-3-5-7-9-11-13-15-17-19-21-23-25-27-29-31-33-35-38(39(41-44)37-40(42)43)36-34-32-30-28-26-24-22-20-18-16-14-12-10-8-6-4-2/h11-14,17-20,38,44H,3-10,15-16,21-37H2,1-2H3,(H,42,43)/b13-11-,14-12-,19-17-,20-18-,41-39+. The van der Waals surface area contributed by atoms with Crippen molar-refractivity contribution in [2.75, 3.05) is 0 Å².